The number of imidazole rings is 2. The molecule has 4 rings (SSSR count). The fraction of sp³-hybridized carbons (Fsp3) is 0.429. The first-order valence-electron chi connectivity index (χ1n) is 12.9. The summed E-state index contributed by atoms with van der Waals surface area (Å²) in [6.07, 6.45) is 8.36. The smallest absolute Gasteiger partial charge is 0.166 e. The minimum Gasteiger partial charge on any atom is -0.385 e. The third-order valence-corrected chi connectivity index (χ3v) is 6.50. The van der Waals surface area contributed by atoms with Crippen LogP contribution in [0.1, 0.15) is 64.4 Å². The minimum absolute atomic E-state index is 0.382. The Kier molecular flexibility index (Phi) is 8.55. The molecule has 9 heteroatoms. The number of aryl methyl sites for hydroxylation is 1. The van der Waals surface area contributed by atoms with E-state index in [1.807, 2.05) is 30.8 Å². The van der Waals surface area contributed by atoms with Crippen LogP contribution in [-0.4, -0.2) is 42.3 Å². The van der Waals surface area contributed by atoms with Crippen LogP contribution in [0.25, 0.3) is 27.8 Å². The molecule has 3 N–H and O–H groups in total. The Morgan fingerprint density at radius 3 is 2.78 bits per heavy atom. The molecule has 0 atom stereocenters. The topological polar surface area (TPSA) is 109 Å². The van der Waals surface area contributed by atoms with Crippen LogP contribution in [0.5, 0.6) is 0 Å². The quantitative estimate of drug-likeness (QED) is 0.240. The minimum atomic E-state index is 0.382. The molecule has 0 aliphatic carbocycles. The zero-order valence-corrected chi connectivity index (χ0v) is 22.4. The fourth-order valence-electron chi connectivity index (χ4n) is 4.13. The van der Waals surface area contributed by atoms with E-state index >= 15 is 0 Å². The van der Waals surface area contributed by atoms with Crippen LogP contribution in [-0.2, 0) is 17.8 Å². The molecule has 0 saturated heterocycles. The van der Waals surface area contributed by atoms with E-state index in [4.69, 9.17) is 10.5 Å². The van der Waals surface area contributed by atoms with Gasteiger partial charge >= 0.3 is 0 Å². The van der Waals surface area contributed by atoms with Gasteiger partial charge in [-0.1, -0.05) is 18.7 Å². The van der Waals surface area contributed by atoms with Gasteiger partial charge in [-0.3, -0.25) is 0 Å². The van der Waals surface area contributed by atoms with Crippen molar-refractivity contribution in [1.29, 1.82) is 0 Å². The van der Waals surface area contributed by atoms with Crippen molar-refractivity contribution < 1.29 is 4.74 Å². The third kappa shape index (κ3) is 6.35. The van der Waals surface area contributed by atoms with E-state index in [2.05, 4.69) is 68.4 Å². The summed E-state index contributed by atoms with van der Waals surface area (Å²) >= 11 is 0. The van der Waals surface area contributed by atoms with Gasteiger partial charge in [0.2, 0.25) is 0 Å². The Morgan fingerprint density at radius 2 is 2.00 bits per heavy atom. The van der Waals surface area contributed by atoms with Gasteiger partial charge in [0.1, 0.15) is 5.52 Å². The Bertz CT molecular complexity index is 1400. The first-order chi connectivity index (χ1) is 17.9. The first kappa shape index (κ1) is 26.3. The zero-order chi connectivity index (χ0) is 26.4. The number of aromatic nitrogens is 6. The van der Waals surface area contributed by atoms with E-state index in [1.165, 1.54) is 5.56 Å². The second-order valence-corrected chi connectivity index (χ2v) is 9.61. The number of nitrogens with zero attached hydrogens (tertiary/aromatic N) is 6. The molecule has 0 amide bonds. The number of unbranched alkanes of at least 4 members (excludes halogenated alkanes) is 1. The summed E-state index contributed by atoms with van der Waals surface area (Å²) in [5.74, 6) is 1.06. The Balaban J connectivity index is 1.16. The Morgan fingerprint density at radius 1 is 1.16 bits per heavy atom. The third-order valence-electron chi connectivity index (χ3n) is 6.50. The summed E-state index contributed by atoms with van der Waals surface area (Å²) in [5, 5.41) is 3.42. The number of rotatable bonds is 13. The molecule has 0 fully saturated rings. The number of fused-ring (bicyclic) bond motifs is 2. The van der Waals surface area contributed by atoms with Gasteiger partial charge in [-0.25, -0.2) is 19.9 Å². The van der Waals surface area contributed by atoms with Crippen LogP contribution in [0.3, 0.4) is 0 Å². The Hall–Kier alpha value is -3.72. The summed E-state index contributed by atoms with van der Waals surface area (Å²) in [4.78, 5) is 17.9. The number of nitrogen functional groups attached to an aromatic ring is 1. The molecule has 4 aromatic rings. The maximum atomic E-state index is 6.10. The van der Waals surface area contributed by atoms with Crippen molar-refractivity contribution in [1.82, 2.24) is 34.4 Å². The number of anilines is 1. The van der Waals surface area contributed by atoms with Crippen molar-refractivity contribution in [2.24, 2.45) is 0 Å². The number of nitrogens with two attached hydrogens (primary N) is 1. The molecule has 0 radical (unpaired) electrons. The van der Waals surface area contributed by atoms with Crippen LogP contribution in [0.15, 0.2) is 49.2 Å². The van der Waals surface area contributed by atoms with Gasteiger partial charge in [-0.05, 0) is 63.8 Å². The molecule has 0 unspecified atom stereocenters. The highest BCUT2D eigenvalue weighted by Gasteiger charge is 2.12. The number of benzene rings is 1. The molecular weight excluding hydrogens is 464 g/mol. The maximum absolute atomic E-state index is 6.10. The van der Waals surface area contributed by atoms with Crippen molar-refractivity contribution in [3.05, 3.63) is 60.6 Å². The molecule has 3 heterocycles. The highest BCUT2D eigenvalue weighted by Crippen LogP contribution is 2.21. The molecule has 3 aromatic heterocycles. The number of nitrogens with one attached hydrogen (secondary N) is 1. The van der Waals surface area contributed by atoms with Gasteiger partial charge in [-0.2, -0.15) is 0 Å². The lowest BCUT2D eigenvalue weighted by Gasteiger charge is -2.12. The molecule has 0 spiro atoms. The van der Waals surface area contributed by atoms with Crippen molar-refractivity contribution in [3.8, 4) is 0 Å². The number of allylic oxidation sites excluding steroid dienone is 2. The van der Waals surface area contributed by atoms with Gasteiger partial charge < -0.3 is 24.9 Å². The molecule has 37 heavy (non-hydrogen) atoms. The van der Waals surface area contributed by atoms with Gasteiger partial charge in [0, 0.05) is 37.9 Å². The predicted molar refractivity (Wildman–Crippen MR) is 150 cm³/mol. The van der Waals surface area contributed by atoms with E-state index in [-0.39, 0.29) is 0 Å². The summed E-state index contributed by atoms with van der Waals surface area (Å²) in [6.45, 7) is 15.3. The lowest BCUT2D eigenvalue weighted by atomic mass is 10.2. The Labute approximate surface area is 218 Å². The average molecular weight is 503 g/mol. The van der Waals surface area contributed by atoms with Gasteiger partial charge in [0.15, 0.2) is 17.3 Å². The number of hydrogen-bond acceptors (Lipinski definition) is 7. The van der Waals surface area contributed by atoms with Crippen LogP contribution < -0.4 is 11.1 Å². The van der Waals surface area contributed by atoms with Crippen molar-refractivity contribution in [2.75, 3.05) is 18.9 Å². The molecule has 0 aliphatic heterocycles. The van der Waals surface area contributed by atoms with Crippen LogP contribution >= 0.6 is 0 Å². The molecule has 196 valence electrons. The lowest BCUT2D eigenvalue weighted by Crippen LogP contribution is -2.14. The molecule has 1 aromatic carbocycles. The largest absolute Gasteiger partial charge is 0.385 e. The average Bonchev–Trinajstić information content (AvgIpc) is 3.50. The van der Waals surface area contributed by atoms with Gasteiger partial charge in [0.05, 0.1) is 30.3 Å². The molecule has 0 saturated carbocycles. The summed E-state index contributed by atoms with van der Waals surface area (Å²) in [7, 11) is 0. The van der Waals surface area contributed by atoms with Crippen molar-refractivity contribution >= 4 is 33.6 Å². The summed E-state index contributed by atoms with van der Waals surface area (Å²) in [6, 6.07) is 6.77. The zero-order valence-electron chi connectivity index (χ0n) is 22.4. The highest BCUT2D eigenvalue weighted by atomic mass is 16.5. The van der Waals surface area contributed by atoms with Crippen LogP contribution in [0.4, 0.5) is 5.82 Å². The summed E-state index contributed by atoms with van der Waals surface area (Å²) < 4.78 is 10.1. The molecule has 9 nitrogen and oxygen atoms in total. The van der Waals surface area contributed by atoms with E-state index in [9.17, 15) is 0 Å². The summed E-state index contributed by atoms with van der Waals surface area (Å²) in [5.41, 5.74) is 12.9. The second-order valence-electron chi connectivity index (χ2n) is 9.61. The van der Waals surface area contributed by atoms with E-state index in [0.717, 1.165) is 60.3 Å². The molecule has 0 aliphatic rings. The van der Waals surface area contributed by atoms with E-state index in [1.54, 1.807) is 6.33 Å². The monoisotopic (exact) mass is 502 g/mol. The van der Waals surface area contributed by atoms with Crippen LogP contribution in [0.2, 0.25) is 0 Å². The first-order valence-corrected chi connectivity index (χ1v) is 12.9. The SMILES string of the molecule is C=C(CCOCCCCn1cnc2c(N)nc(/C(C)=C/C)nc21)NCc1ccc2ncn(C(C)C)c2c1. The van der Waals surface area contributed by atoms with Crippen LogP contribution in [0, 0.1) is 0 Å². The normalized spacial score (nSPS) is 12.2. The second kappa shape index (κ2) is 12.0. The van der Waals surface area contributed by atoms with Crippen molar-refractivity contribution in [3.63, 3.8) is 0 Å². The van der Waals surface area contributed by atoms with E-state index in [0.29, 0.717) is 36.4 Å². The van der Waals surface area contributed by atoms with Crippen molar-refractivity contribution in [2.45, 2.75) is 66.1 Å². The lowest BCUT2D eigenvalue weighted by molar-refractivity contribution is 0.131. The fourth-order valence-corrected chi connectivity index (χ4v) is 4.13. The highest BCUT2D eigenvalue weighted by molar-refractivity contribution is 5.83. The van der Waals surface area contributed by atoms with Gasteiger partial charge in [-0.15, -0.1) is 0 Å². The van der Waals surface area contributed by atoms with E-state index < -0.39 is 0 Å². The molecule has 0 bridgehead atoms. The standard InChI is InChI=1S/C28H38N8O/c1-6-20(4)27-33-26(29)25-28(34-27)35(17-32-25)12-7-8-13-37-14-11-21(5)30-16-22-9-10-23-24(15-22)36(18-31-23)19(2)3/h6,9-10,15,17-19,30H,5,7-8,11-14,16H2,1-4H3,(H2,29,33,34)/b20-6+. The predicted octanol–water partition coefficient (Wildman–Crippen LogP) is 5.25. The maximum Gasteiger partial charge on any atom is 0.166 e. The molecular formula is C28H38N8O. The van der Waals surface area contributed by atoms with Gasteiger partial charge in [0.25, 0.3) is 0 Å². The number of hydrogen-bond donors (Lipinski definition) is 2. The number of ether oxygens (including phenoxy) is 1.